The fourth-order valence-corrected chi connectivity index (χ4v) is 12.4. The lowest BCUT2D eigenvalue weighted by Crippen LogP contribution is -2.67. The number of esters is 1. The molecule has 3 aromatic heterocycles. The maximum absolute atomic E-state index is 14.8. The number of amides is 5. The van der Waals surface area contributed by atoms with Crippen molar-refractivity contribution in [2.24, 2.45) is 16.7 Å². The zero-order chi connectivity index (χ0) is 51.0. The van der Waals surface area contributed by atoms with Gasteiger partial charge in [-0.2, -0.15) is 0 Å². The summed E-state index contributed by atoms with van der Waals surface area (Å²) in [4.78, 5) is 85.4. The van der Waals surface area contributed by atoms with Crippen LogP contribution in [-0.2, 0) is 48.0 Å². The minimum atomic E-state index is -1.42. The van der Waals surface area contributed by atoms with E-state index in [4.69, 9.17) is 19.4 Å². The number of aryl methyl sites for hydroxylation is 1. The van der Waals surface area contributed by atoms with Gasteiger partial charge in [-0.05, 0) is 106 Å². The van der Waals surface area contributed by atoms with Crippen molar-refractivity contribution in [3.63, 3.8) is 0 Å². The van der Waals surface area contributed by atoms with Crippen molar-refractivity contribution in [3.05, 3.63) is 70.8 Å². The van der Waals surface area contributed by atoms with Gasteiger partial charge < -0.3 is 34.1 Å². The number of urea groups is 1. The molecule has 4 atom stereocenters. The Bertz CT molecular complexity index is 2670. The van der Waals surface area contributed by atoms with Gasteiger partial charge >= 0.3 is 12.0 Å². The third-order valence-corrected chi connectivity index (χ3v) is 16.7. The molecule has 0 aliphatic carbocycles. The number of methoxy groups -OCH3 is 1. The summed E-state index contributed by atoms with van der Waals surface area (Å²) in [5, 5.41) is 6.72. The topological polar surface area (TPSA) is 172 Å². The van der Waals surface area contributed by atoms with Crippen LogP contribution in [0.5, 0.6) is 0 Å². The quantitative estimate of drug-likeness (QED) is 0.105. The molecular formula is C53H70N9O7SSi. The van der Waals surface area contributed by atoms with Crippen molar-refractivity contribution < 1.29 is 33.4 Å². The van der Waals surface area contributed by atoms with Crippen LogP contribution in [0.3, 0.4) is 0 Å². The first-order valence-electron chi connectivity index (χ1n) is 25.1. The molecule has 0 unspecified atom stereocenters. The molecule has 2 N–H and O–H groups in total. The number of nitrogens with zero attached hydrogens (tertiary/aromatic N) is 7. The molecular weight excluding hydrogens is 935 g/mol. The zero-order valence-electron chi connectivity index (χ0n) is 42.6. The number of benzene rings is 1. The highest BCUT2D eigenvalue weighted by atomic mass is 32.1. The van der Waals surface area contributed by atoms with Crippen LogP contribution in [0.1, 0.15) is 102 Å². The minimum Gasteiger partial charge on any atom is -0.464 e. The number of fused-ring (bicyclic) bond motifs is 6. The van der Waals surface area contributed by atoms with Crippen LogP contribution in [0.25, 0.3) is 33.4 Å². The first-order chi connectivity index (χ1) is 33.8. The Kier molecular flexibility index (Phi) is 15.3. The smallest absolute Gasteiger partial charge is 0.323 e. The molecule has 6 bridgehead atoms. The molecule has 71 heavy (non-hydrogen) atoms. The molecule has 4 aliphatic rings. The van der Waals surface area contributed by atoms with E-state index in [1.807, 2.05) is 42.0 Å². The number of hydrogen-bond acceptors (Lipinski definition) is 11. The van der Waals surface area contributed by atoms with E-state index in [1.54, 1.807) is 20.4 Å². The van der Waals surface area contributed by atoms with Gasteiger partial charge in [-0.3, -0.25) is 29.2 Å². The third-order valence-electron chi connectivity index (χ3n) is 15.3. The van der Waals surface area contributed by atoms with Crippen molar-refractivity contribution in [1.29, 1.82) is 0 Å². The van der Waals surface area contributed by atoms with Crippen molar-refractivity contribution >= 4 is 62.2 Å². The van der Waals surface area contributed by atoms with E-state index in [0.29, 0.717) is 57.0 Å². The van der Waals surface area contributed by atoms with Crippen LogP contribution in [0.15, 0.2) is 54.6 Å². The van der Waals surface area contributed by atoms with Crippen molar-refractivity contribution in [1.82, 2.24) is 45.0 Å². The molecule has 1 spiro atoms. The second-order valence-corrected chi connectivity index (χ2v) is 22.9. The van der Waals surface area contributed by atoms with Crippen LogP contribution in [-0.4, -0.2) is 145 Å². The maximum atomic E-state index is 14.8. The summed E-state index contributed by atoms with van der Waals surface area (Å²) in [5.41, 5.74) is 9.28. The Hall–Kier alpha value is -5.43. The number of hydrogen-bond donors (Lipinski definition) is 2. The molecule has 4 aliphatic heterocycles. The molecule has 3 saturated heterocycles. The Morgan fingerprint density at radius 3 is 2.42 bits per heavy atom. The van der Waals surface area contributed by atoms with Gasteiger partial charge in [-0.15, -0.1) is 11.3 Å². The molecule has 18 heteroatoms. The number of rotatable bonds is 9. The second-order valence-electron chi connectivity index (χ2n) is 21.1. The summed E-state index contributed by atoms with van der Waals surface area (Å²) in [6.07, 6.45) is 7.74. The Balaban J connectivity index is 1.11. The van der Waals surface area contributed by atoms with Crippen LogP contribution in [0, 0.1) is 16.7 Å². The minimum absolute atomic E-state index is 0.0472. The number of carbonyl (C=O) groups is 5. The third kappa shape index (κ3) is 10.6. The average molecular weight is 1010 g/mol. The summed E-state index contributed by atoms with van der Waals surface area (Å²) in [5.74, 6) is -1.80. The van der Waals surface area contributed by atoms with Gasteiger partial charge in [-0.1, -0.05) is 40.3 Å². The molecule has 379 valence electrons. The van der Waals surface area contributed by atoms with Crippen LogP contribution in [0.2, 0.25) is 0 Å². The number of piperidine rings is 2. The summed E-state index contributed by atoms with van der Waals surface area (Å²) in [6.45, 7) is 19.2. The molecule has 5 amide bonds. The number of carbonyl (C=O) groups excluding carboxylic acids is 5. The van der Waals surface area contributed by atoms with Gasteiger partial charge in [0, 0.05) is 98.9 Å². The van der Waals surface area contributed by atoms with Crippen molar-refractivity contribution in [2.75, 3.05) is 53.5 Å². The summed E-state index contributed by atoms with van der Waals surface area (Å²) >= 11 is 1.41. The standard InChI is InChI=1S/C53H70N9O7SSi/c1-10-43(63)59-24-18-52(19-25-59)20-26-60(27-21-52)50(67)58(8)45(33(3)4)47(64)56-39-29-42-55-40(31-70-42)35-15-16-41-37(28-35)38(46(61(41)11-2)36-14-12-22-54-44(36)34(5)68-9)30-51(6,7)32-69-49(66)53(71)17-13-23-62(57-53)48(39)65/h10,12,14-16,22,28,31,33-34,39,45,57H,1,11,13,17-21,23-27,29-30,32H2,2-9H3,(H,56,64)/t34-,39-,45-,53-/m0/s1. The first-order valence-corrected chi connectivity index (χ1v) is 26.5. The molecule has 3 fully saturated rings. The van der Waals surface area contributed by atoms with E-state index in [2.05, 4.69) is 77.2 Å². The predicted octanol–water partition coefficient (Wildman–Crippen LogP) is 6.67. The Labute approximate surface area is 425 Å². The molecule has 4 aromatic rings. The fourth-order valence-electron chi connectivity index (χ4n) is 11.2. The van der Waals surface area contributed by atoms with Gasteiger partial charge in [0.25, 0.3) is 5.91 Å². The van der Waals surface area contributed by atoms with Crippen LogP contribution < -0.4 is 10.7 Å². The van der Waals surface area contributed by atoms with Crippen LogP contribution >= 0.6 is 11.3 Å². The monoisotopic (exact) mass is 1000 g/mol. The molecule has 1 aromatic carbocycles. The second kappa shape index (κ2) is 21.0. The lowest BCUT2D eigenvalue weighted by atomic mass is 9.71. The highest BCUT2D eigenvalue weighted by Gasteiger charge is 2.45. The molecule has 3 radical (unpaired) electrons. The van der Waals surface area contributed by atoms with Crippen molar-refractivity contribution in [2.45, 2.75) is 123 Å². The maximum Gasteiger partial charge on any atom is 0.323 e. The summed E-state index contributed by atoms with van der Waals surface area (Å²) < 4.78 is 14.3. The largest absolute Gasteiger partial charge is 0.464 e. The lowest BCUT2D eigenvalue weighted by molar-refractivity contribution is -0.158. The van der Waals surface area contributed by atoms with E-state index in [1.165, 1.54) is 27.3 Å². The number of nitrogens with one attached hydrogen (secondary N) is 2. The fraction of sp³-hybridized carbons (Fsp3) is 0.566. The number of likely N-dealkylation sites (tertiary alicyclic amines) is 2. The molecule has 7 heterocycles. The SMILES string of the molecule is C=CC(=O)N1CCC2(CC1)CCN(C(=O)N(C)[C@H](C(=O)N[C@H]1Cc3nc(cs3)-c3ccc4c(c3)c(c(-c3cccnc3[C@H](C)OC)n4CC)CC(C)(C)COC(=O)[C@@]3([Si])CCCN(N3)C1=O)C(C)C)CC2. The number of likely N-dealkylation sites (N-methyl/N-ethyl adjacent to an activating group) is 1. The molecule has 8 rings (SSSR count). The number of thiazole rings is 1. The Morgan fingerprint density at radius 1 is 1.06 bits per heavy atom. The molecule has 16 nitrogen and oxygen atoms in total. The number of aromatic nitrogens is 3. The normalized spacial score (nSPS) is 22.5. The summed E-state index contributed by atoms with van der Waals surface area (Å²) in [7, 11) is 7.08. The zero-order valence-corrected chi connectivity index (χ0v) is 44.5. The van der Waals surface area contributed by atoms with E-state index in [9.17, 15) is 24.0 Å². The highest BCUT2D eigenvalue weighted by Crippen LogP contribution is 2.43. The number of pyridine rings is 1. The summed E-state index contributed by atoms with van der Waals surface area (Å²) in [6, 6.07) is 8.17. The van der Waals surface area contributed by atoms with Gasteiger partial charge in [0.05, 0.1) is 45.0 Å². The number of ether oxygens (including phenoxy) is 2. The highest BCUT2D eigenvalue weighted by molar-refractivity contribution is 7.10. The Morgan fingerprint density at radius 2 is 1.76 bits per heavy atom. The number of hydrazine groups is 1. The van der Waals surface area contributed by atoms with Gasteiger partial charge in [0.1, 0.15) is 17.2 Å². The van der Waals surface area contributed by atoms with Crippen molar-refractivity contribution in [3.8, 4) is 22.5 Å². The van der Waals surface area contributed by atoms with E-state index in [0.717, 1.165) is 70.4 Å². The molecule has 0 saturated carbocycles. The average Bonchev–Trinajstić information content (AvgIpc) is 3.96. The van der Waals surface area contributed by atoms with E-state index < -0.39 is 40.4 Å². The first kappa shape index (κ1) is 51.9. The van der Waals surface area contributed by atoms with Gasteiger partial charge in [-0.25, -0.2) is 15.2 Å². The number of cyclic esters (lactones) is 1. The van der Waals surface area contributed by atoms with E-state index >= 15 is 0 Å². The van der Waals surface area contributed by atoms with Gasteiger partial charge in [0.15, 0.2) is 0 Å². The predicted molar refractivity (Wildman–Crippen MR) is 275 cm³/mol. The van der Waals surface area contributed by atoms with Gasteiger partial charge in [0.2, 0.25) is 11.8 Å². The lowest BCUT2D eigenvalue weighted by Gasteiger charge is -2.47. The van der Waals surface area contributed by atoms with Crippen LogP contribution in [0.4, 0.5) is 4.79 Å². The van der Waals surface area contributed by atoms with E-state index in [-0.39, 0.29) is 48.9 Å².